The van der Waals surface area contributed by atoms with Crippen LogP contribution in [0.4, 0.5) is 0 Å². The Labute approximate surface area is 181 Å². The Balaban J connectivity index is 1.22. The van der Waals surface area contributed by atoms with E-state index < -0.39 is 0 Å². The maximum atomic E-state index is 12.7. The van der Waals surface area contributed by atoms with Crippen LogP contribution in [0.25, 0.3) is 21.0 Å². The van der Waals surface area contributed by atoms with Crippen molar-refractivity contribution in [2.45, 2.75) is 31.7 Å². The maximum Gasteiger partial charge on any atom is 0.273 e. The van der Waals surface area contributed by atoms with E-state index in [1.54, 1.807) is 35.6 Å². The van der Waals surface area contributed by atoms with Crippen molar-refractivity contribution in [1.29, 1.82) is 0 Å². The third-order valence-corrected chi connectivity index (χ3v) is 7.14. The molecule has 0 aliphatic carbocycles. The SMILES string of the molecule is O=C(CCn1[nH]c(=O)c2ccccc2c1=O)N1CCC(c2nc3ccccc3s2)CC1. The molecule has 31 heavy (non-hydrogen) atoms. The molecule has 1 saturated heterocycles. The van der Waals surface area contributed by atoms with Gasteiger partial charge in [0.25, 0.3) is 11.1 Å². The van der Waals surface area contributed by atoms with Crippen LogP contribution in [-0.4, -0.2) is 38.7 Å². The highest BCUT2D eigenvalue weighted by molar-refractivity contribution is 7.18. The molecule has 2 aromatic carbocycles. The Morgan fingerprint density at radius 3 is 2.52 bits per heavy atom. The number of benzene rings is 2. The van der Waals surface area contributed by atoms with E-state index in [9.17, 15) is 14.4 Å². The van der Waals surface area contributed by atoms with Crippen molar-refractivity contribution in [1.82, 2.24) is 19.7 Å². The van der Waals surface area contributed by atoms with Gasteiger partial charge < -0.3 is 4.90 Å². The number of carbonyl (C=O) groups is 1. The zero-order chi connectivity index (χ0) is 21.4. The predicted molar refractivity (Wildman–Crippen MR) is 122 cm³/mol. The average Bonchev–Trinajstić information content (AvgIpc) is 3.25. The molecule has 3 heterocycles. The smallest absolute Gasteiger partial charge is 0.273 e. The number of hydrogen-bond donors (Lipinski definition) is 1. The number of H-pyrrole nitrogens is 1. The summed E-state index contributed by atoms with van der Waals surface area (Å²) in [6, 6.07) is 14.9. The Bertz CT molecular complexity index is 1350. The van der Waals surface area contributed by atoms with Crippen LogP contribution in [0.1, 0.15) is 30.2 Å². The normalized spacial score (nSPS) is 15.0. The van der Waals surface area contributed by atoms with Gasteiger partial charge >= 0.3 is 0 Å². The molecular weight excluding hydrogens is 412 g/mol. The molecule has 0 bridgehead atoms. The van der Waals surface area contributed by atoms with Crippen LogP contribution >= 0.6 is 11.3 Å². The zero-order valence-electron chi connectivity index (χ0n) is 16.9. The molecule has 1 fully saturated rings. The van der Waals surface area contributed by atoms with Crippen LogP contribution in [0.5, 0.6) is 0 Å². The predicted octanol–water partition coefficient (Wildman–Crippen LogP) is 3.10. The lowest BCUT2D eigenvalue weighted by atomic mass is 9.97. The van der Waals surface area contributed by atoms with Crippen molar-refractivity contribution in [3.05, 3.63) is 74.2 Å². The minimum absolute atomic E-state index is 0.00339. The summed E-state index contributed by atoms with van der Waals surface area (Å²) in [7, 11) is 0. The van der Waals surface area contributed by atoms with Crippen molar-refractivity contribution in [2.75, 3.05) is 13.1 Å². The Kier molecular flexibility index (Phi) is 5.15. The number of thiazole rings is 1. The van der Waals surface area contributed by atoms with Gasteiger partial charge in [0.1, 0.15) is 0 Å². The second-order valence-corrected chi connectivity index (χ2v) is 8.93. The number of carbonyl (C=O) groups excluding carboxylic acids is 1. The molecule has 1 aliphatic rings. The highest BCUT2D eigenvalue weighted by atomic mass is 32.1. The molecule has 4 aromatic rings. The van der Waals surface area contributed by atoms with Crippen LogP contribution in [0.2, 0.25) is 0 Å². The molecule has 0 unspecified atom stereocenters. The number of aryl methyl sites for hydroxylation is 1. The third kappa shape index (κ3) is 3.79. The quantitative estimate of drug-likeness (QED) is 0.535. The van der Waals surface area contributed by atoms with E-state index in [-0.39, 0.29) is 30.0 Å². The summed E-state index contributed by atoms with van der Waals surface area (Å²) in [5.74, 6) is 0.379. The van der Waals surface area contributed by atoms with Crippen LogP contribution in [0, 0.1) is 0 Å². The largest absolute Gasteiger partial charge is 0.343 e. The summed E-state index contributed by atoms with van der Waals surface area (Å²) < 4.78 is 2.45. The molecular formula is C23H22N4O3S. The first-order chi connectivity index (χ1) is 15.1. The lowest BCUT2D eigenvalue weighted by Gasteiger charge is -2.31. The molecule has 158 valence electrons. The van der Waals surface area contributed by atoms with Crippen molar-refractivity contribution in [2.24, 2.45) is 0 Å². The van der Waals surface area contributed by atoms with Gasteiger partial charge in [-0.1, -0.05) is 24.3 Å². The number of aromatic amines is 1. The lowest BCUT2D eigenvalue weighted by molar-refractivity contribution is -0.132. The second-order valence-electron chi connectivity index (χ2n) is 7.87. The topological polar surface area (TPSA) is 88.1 Å². The number of nitrogens with one attached hydrogen (secondary N) is 1. The van der Waals surface area contributed by atoms with E-state index >= 15 is 0 Å². The van der Waals surface area contributed by atoms with E-state index in [1.165, 1.54) is 9.38 Å². The highest BCUT2D eigenvalue weighted by Crippen LogP contribution is 2.33. The number of piperidine rings is 1. The number of nitrogens with zero attached hydrogens (tertiary/aromatic N) is 3. The van der Waals surface area contributed by atoms with Crippen LogP contribution in [0.3, 0.4) is 0 Å². The number of hydrogen-bond acceptors (Lipinski definition) is 5. The number of aromatic nitrogens is 3. The monoisotopic (exact) mass is 434 g/mol. The first kappa shape index (κ1) is 19.7. The van der Waals surface area contributed by atoms with Crippen molar-refractivity contribution < 1.29 is 4.79 Å². The summed E-state index contributed by atoms with van der Waals surface area (Å²) in [5, 5.41) is 4.47. The fourth-order valence-electron chi connectivity index (χ4n) is 4.21. The van der Waals surface area contributed by atoms with E-state index in [0.717, 1.165) is 23.4 Å². The van der Waals surface area contributed by atoms with Gasteiger partial charge in [0.05, 0.1) is 32.5 Å². The minimum Gasteiger partial charge on any atom is -0.343 e. The molecule has 5 rings (SSSR count). The van der Waals surface area contributed by atoms with E-state index in [4.69, 9.17) is 4.98 Å². The second kappa shape index (κ2) is 8.11. The zero-order valence-corrected chi connectivity index (χ0v) is 17.7. The van der Waals surface area contributed by atoms with Crippen molar-refractivity contribution in [3.63, 3.8) is 0 Å². The lowest BCUT2D eigenvalue weighted by Crippen LogP contribution is -2.39. The summed E-state index contributed by atoms with van der Waals surface area (Å²) in [4.78, 5) is 44.2. The van der Waals surface area contributed by atoms with Gasteiger partial charge in [-0.3, -0.25) is 19.5 Å². The van der Waals surface area contributed by atoms with Gasteiger partial charge in [0.15, 0.2) is 0 Å². The first-order valence-corrected chi connectivity index (χ1v) is 11.3. The molecule has 7 nitrogen and oxygen atoms in total. The average molecular weight is 435 g/mol. The number of likely N-dealkylation sites (tertiary alicyclic amines) is 1. The van der Waals surface area contributed by atoms with Crippen LogP contribution in [0.15, 0.2) is 58.1 Å². The van der Waals surface area contributed by atoms with Gasteiger partial charge in [-0.2, -0.15) is 0 Å². The van der Waals surface area contributed by atoms with E-state index in [1.807, 2.05) is 23.1 Å². The highest BCUT2D eigenvalue weighted by Gasteiger charge is 2.26. The number of rotatable bonds is 4. The summed E-state index contributed by atoms with van der Waals surface area (Å²) in [5.41, 5.74) is 0.438. The molecule has 1 aliphatic heterocycles. The van der Waals surface area contributed by atoms with Gasteiger partial charge in [-0.15, -0.1) is 11.3 Å². The minimum atomic E-state index is -0.320. The number of fused-ring (bicyclic) bond motifs is 2. The Morgan fingerprint density at radius 2 is 1.74 bits per heavy atom. The third-order valence-electron chi connectivity index (χ3n) is 5.94. The first-order valence-electron chi connectivity index (χ1n) is 10.5. The fourth-order valence-corrected chi connectivity index (χ4v) is 5.35. The molecule has 2 aromatic heterocycles. The van der Waals surface area contributed by atoms with Crippen LogP contribution in [-0.2, 0) is 11.3 Å². The molecule has 0 spiro atoms. The van der Waals surface area contributed by atoms with Gasteiger partial charge in [0, 0.05) is 25.4 Å². The molecule has 0 radical (unpaired) electrons. The van der Waals surface area contributed by atoms with Gasteiger partial charge in [-0.25, -0.2) is 9.67 Å². The Morgan fingerprint density at radius 1 is 1.03 bits per heavy atom. The molecule has 8 heteroatoms. The molecule has 0 saturated carbocycles. The van der Waals surface area contributed by atoms with E-state index in [2.05, 4.69) is 11.2 Å². The molecule has 1 N–H and O–H groups in total. The summed E-state index contributed by atoms with van der Waals surface area (Å²) in [6.07, 6.45) is 1.95. The molecule has 0 atom stereocenters. The fraction of sp³-hybridized carbons (Fsp3) is 0.304. The maximum absolute atomic E-state index is 12.7. The standard InChI is InChI=1S/C23H22N4O3S/c28-20(11-14-27-23(30)17-6-2-1-5-16(17)21(29)25-27)26-12-9-15(10-13-26)22-24-18-7-3-4-8-19(18)31-22/h1-8,15H,9-14H2,(H,25,29). The van der Waals surface area contributed by atoms with E-state index in [0.29, 0.717) is 29.8 Å². The summed E-state index contributed by atoms with van der Waals surface area (Å²) in [6.45, 7) is 1.53. The van der Waals surface area contributed by atoms with Crippen molar-refractivity contribution in [3.8, 4) is 0 Å². The molecule has 1 amide bonds. The van der Waals surface area contributed by atoms with Crippen molar-refractivity contribution >= 4 is 38.2 Å². The van der Waals surface area contributed by atoms with Gasteiger partial charge in [-0.05, 0) is 37.1 Å². The number of para-hydroxylation sites is 1. The Hall–Kier alpha value is -3.26. The summed E-state index contributed by atoms with van der Waals surface area (Å²) >= 11 is 1.74. The van der Waals surface area contributed by atoms with Crippen LogP contribution < -0.4 is 11.1 Å². The number of amides is 1. The van der Waals surface area contributed by atoms with Gasteiger partial charge in [0.2, 0.25) is 5.91 Å².